The number of piperazine rings is 1. The number of hydrogen-bond donors (Lipinski definition) is 0. The maximum Gasteiger partial charge on any atom is 0.130 e. The van der Waals surface area contributed by atoms with Crippen LogP contribution in [0.15, 0.2) is 12.1 Å². The minimum absolute atomic E-state index is 0.742. The van der Waals surface area contributed by atoms with Crippen molar-refractivity contribution in [3.05, 3.63) is 17.7 Å². The Morgan fingerprint density at radius 2 is 1.58 bits per heavy atom. The summed E-state index contributed by atoms with van der Waals surface area (Å²) < 4.78 is 16.2. The lowest BCUT2D eigenvalue weighted by Gasteiger charge is -2.27. The van der Waals surface area contributed by atoms with Crippen LogP contribution in [0.25, 0.3) is 0 Å². The van der Waals surface area contributed by atoms with Crippen LogP contribution in [-0.2, 0) is 6.54 Å². The van der Waals surface area contributed by atoms with Crippen LogP contribution in [0.4, 0.5) is 0 Å². The minimum atomic E-state index is 0.742. The molecule has 1 fully saturated rings. The number of hydrogen-bond acceptors (Lipinski definition) is 4. The first kappa shape index (κ1) is 14.0. The van der Waals surface area contributed by atoms with E-state index in [1.165, 1.54) is 0 Å². The summed E-state index contributed by atoms with van der Waals surface area (Å²) in [5.41, 5.74) is 1.06. The fourth-order valence-corrected chi connectivity index (χ4v) is 2.26. The van der Waals surface area contributed by atoms with E-state index in [-0.39, 0.29) is 0 Å². The second-order valence-electron chi connectivity index (χ2n) is 4.46. The zero-order valence-corrected chi connectivity index (χ0v) is 11.8. The Hall–Kier alpha value is -1.46. The van der Waals surface area contributed by atoms with Gasteiger partial charge in [0.25, 0.3) is 0 Å². The predicted molar refractivity (Wildman–Crippen MR) is 73.2 cm³/mol. The minimum Gasteiger partial charge on any atom is -0.496 e. The quantitative estimate of drug-likeness (QED) is 0.800. The van der Waals surface area contributed by atoms with Crippen molar-refractivity contribution in [3.63, 3.8) is 0 Å². The molecule has 2 rings (SSSR count). The van der Waals surface area contributed by atoms with E-state index in [4.69, 9.17) is 14.2 Å². The van der Waals surface area contributed by atoms with Crippen LogP contribution in [0.2, 0.25) is 0 Å². The Morgan fingerprint density at radius 1 is 1.00 bits per heavy atom. The van der Waals surface area contributed by atoms with Crippen molar-refractivity contribution in [1.29, 1.82) is 0 Å². The summed E-state index contributed by atoms with van der Waals surface area (Å²) in [7, 11) is 4.98. The lowest BCUT2D eigenvalue weighted by Crippen LogP contribution is -2.39. The summed E-state index contributed by atoms with van der Waals surface area (Å²) in [5.74, 6) is 2.35. The van der Waals surface area contributed by atoms with Crippen LogP contribution in [0.5, 0.6) is 17.2 Å². The number of nitrogens with zero attached hydrogens (tertiary/aromatic N) is 2. The molecule has 0 bridgehead atoms. The maximum atomic E-state index is 5.46. The van der Waals surface area contributed by atoms with Gasteiger partial charge in [-0.3, -0.25) is 4.90 Å². The first-order valence-electron chi connectivity index (χ1n) is 6.43. The predicted octanol–water partition coefficient (Wildman–Crippen LogP) is 1.13. The smallest absolute Gasteiger partial charge is 0.130 e. The van der Waals surface area contributed by atoms with Crippen molar-refractivity contribution in [2.24, 2.45) is 0 Å². The Morgan fingerprint density at radius 3 is 2.05 bits per heavy atom. The van der Waals surface area contributed by atoms with E-state index >= 15 is 0 Å². The van der Waals surface area contributed by atoms with Crippen LogP contribution in [-0.4, -0.2) is 52.4 Å². The molecule has 0 amide bonds. The van der Waals surface area contributed by atoms with Crippen LogP contribution in [0.3, 0.4) is 0 Å². The summed E-state index contributed by atoms with van der Waals surface area (Å²) >= 11 is 0. The first-order valence-corrected chi connectivity index (χ1v) is 6.43. The highest BCUT2D eigenvalue weighted by Gasteiger charge is 2.18. The topological polar surface area (TPSA) is 45.0 Å². The zero-order valence-electron chi connectivity index (χ0n) is 11.8. The Kier molecular flexibility index (Phi) is 4.87. The zero-order chi connectivity index (χ0) is 13.7. The average Bonchev–Trinajstić information content (AvgIpc) is 2.48. The molecule has 0 N–H and O–H groups in total. The molecule has 1 aromatic carbocycles. The number of rotatable bonds is 5. The molecule has 5 nitrogen and oxygen atoms in total. The second-order valence-corrected chi connectivity index (χ2v) is 4.46. The fourth-order valence-electron chi connectivity index (χ4n) is 2.26. The molecule has 5 heteroatoms. The molecule has 0 saturated carbocycles. The third kappa shape index (κ3) is 3.30. The van der Waals surface area contributed by atoms with E-state index in [0.717, 1.165) is 55.5 Å². The van der Waals surface area contributed by atoms with Gasteiger partial charge in [0, 0.05) is 44.9 Å². The lowest BCUT2D eigenvalue weighted by atomic mass is 10.1. The molecule has 1 radical (unpaired) electrons. The third-order valence-corrected chi connectivity index (χ3v) is 3.35. The molecule has 1 aliphatic heterocycles. The monoisotopic (exact) mass is 265 g/mol. The highest BCUT2D eigenvalue weighted by molar-refractivity contribution is 5.50. The van der Waals surface area contributed by atoms with Gasteiger partial charge in [0.05, 0.1) is 26.9 Å². The van der Waals surface area contributed by atoms with Gasteiger partial charge in [-0.1, -0.05) is 0 Å². The number of benzene rings is 1. The highest BCUT2D eigenvalue weighted by Crippen LogP contribution is 2.34. The van der Waals surface area contributed by atoms with Gasteiger partial charge in [-0.05, 0) is 0 Å². The molecular weight excluding hydrogens is 244 g/mol. The molecular formula is C14H21N2O3. The molecule has 0 aliphatic carbocycles. The summed E-state index contributed by atoms with van der Waals surface area (Å²) in [4.78, 5) is 2.36. The molecule has 105 valence electrons. The third-order valence-electron chi connectivity index (χ3n) is 3.35. The van der Waals surface area contributed by atoms with Crippen LogP contribution in [0, 0.1) is 0 Å². The molecule has 0 spiro atoms. The van der Waals surface area contributed by atoms with Crippen molar-refractivity contribution in [2.45, 2.75) is 6.54 Å². The number of methoxy groups -OCH3 is 3. The van der Waals surface area contributed by atoms with Gasteiger partial charge in [0.15, 0.2) is 0 Å². The van der Waals surface area contributed by atoms with Gasteiger partial charge in [-0.2, -0.15) is 0 Å². The largest absolute Gasteiger partial charge is 0.496 e. The molecule has 1 aromatic rings. The Bertz CT molecular complexity index is 392. The Balaban J connectivity index is 2.25. The van der Waals surface area contributed by atoms with Gasteiger partial charge >= 0.3 is 0 Å². The number of ether oxygens (including phenoxy) is 3. The standard InChI is InChI=1S/C14H21N2O3/c1-17-11-8-13(18-2)12(14(9-11)19-3)10-16-6-4-15-5-7-16/h8-9H,4-7,10H2,1-3H3. The van der Waals surface area contributed by atoms with E-state index < -0.39 is 0 Å². The Labute approximate surface area is 114 Å². The van der Waals surface area contributed by atoms with Crippen molar-refractivity contribution >= 4 is 0 Å². The first-order chi connectivity index (χ1) is 9.28. The van der Waals surface area contributed by atoms with Crippen molar-refractivity contribution in [2.75, 3.05) is 47.5 Å². The van der Waals surface area contributed by atoms with E-state index in [0.29, 0.717) is 0 Å². The second kappa shape index (κ2) is 6.63. The molecule has 1 saturated heterocycles. The molecule has 1 heterocycles. The van der Waals surface area contributed by atoms with Gasteiger partial charge in [-0.25, -0.2) is 5.32 Å². The van der Waals surface area contributed by atoms with Crippen molar-refractivity contribution < 1.29 is 14.2 Å². The van der Waals surface area contributed by atoms with E-state index in [2.05, 4.69) is 10.2 Å². The molecule has 0 atom stereocenters. The van der Waals surface area contributed by atoms with Crippen molar-refractivity contribution in [1.82, 2.24) is 10.2 Å². The van der Waals surface area contributed by atoms with Crippen LogP contribution < -0.4 is 19.5 Å². The summed E-state index contributed by atoms with van der Waals surface area (Å²) in [6.07, 6.45) is 0. The summed E-state index contributed by atoms with van der Waals surface area (Å²) in [5, 5.41) is 4.36. The summed E-state index contributed by atoms with van der Waals surface area (Å²) in [6.45, 7) is 4.59. The average molecular weight is 265 g/mol. The molecule has 19 heavy (non-hydrogen) atoms. The van der Waals surface area contributed by atoms with E-state index in [1.807, 2.05) is 12.1 Å². The van der Waals surface area contributed by atoms with Gasteiger partial charge in [0.2, 0.25) is 0 Å². The van der Waals surface area contributed by atoms with Gasteiger partial charge in [-0.15, -0.1) is 0 Å². The highest BCUT2D eigenvalue weighted by atomic mass is 16.5. The fraction of sp³-hybridized carbons (Fsp3) is 0.571. The normalized spacial score (nSPS) is 16.2. The SMILES string of the molecule is COc1cc(OC)c(CN2CC[N]CC2)c(OC)c1. The van der Waals surface area contributed by atoms with Gasteiger partial charge in [0.1, 0.15) is 17.2 Å². The molecule has 0 unspecified atom stereocenters. The van der Waals surface area contributed by atoms with E-state index in [9.17, 15) is 0 Å². The lowest BCUT2D eigenvalue weighted by molar-refractivity contribution is 0.224. The molecule has 1 aliphatic rings. The van der Waals surface area contributed by atoms with Crippen LogP contribution >= 0.6 is 0 Å². The van der Waals surface area contributed by atoms with Crippen molar-refractivity contribution in [3.8, 4) is 17.2 Å². The maximum absolute atomic E-state index is 5.46. The van der Waals surface area contributed by atoms with Gasteiger partial charge < -0.3 is 14.2 Å². The van der Waals surface area contributed by atoms with E-state index in [1.54, 1.807) is 21.3 Å². The molecule has 0 aromatic heterocycles. The van der Waals surface area contributed by atoms with Crippen LogP contribution in [0.1, 0.15) is 5.56 Å². The summed E-state index contributed by atoms with van der Waals surface area (Å²) in [6, 6.07) is 3.79.